The molecule has 0 spiro atoms. The quantitative estimate of drug-likeness (QED) is 0.402. The maximum Gasteiger partial charge on any atom is 0.220 e. The number of carbonyl (C=O) groups excluding carboxylic acids is 1. The highest BCUT2D eigenvalue weighted by atomic mass is 35.5. The van der Waals surface area contributed by atoms with E-state index in [2.05, 4.69) is 26.1 Å². The van der Waals surface area contributed by atoms with Crippen molar-refractivity contribution in [2.45, 2.75) is 78.6 Å². The van der Waals surface area contributed by atoms with Crippen LogP contribution in [-0.4, -0.2) is 18.3 Å². The molecule has 1 amide bonds. The maximum atomic E-state index is 11.7. The van der Waals surface area contributed by atoms with Crippen LogP contribution in [0.1, 0.15) is 78.6 Å². The molecule has 0 unspecified atom stereocenters. The molecular formula is C16H32ClNO. The van der Waals surface area contributed by atoms with Gasteiger partial charge in [-0.15, -0.1) is 11.6 Å². The molecule has 2 nitrogen and oxygen atoms in total. The summed E-state index contributed by atoms with van der Waals surface area (Å²) in [5, 5.41) is 3.05. The molecule has 0 aliphatic rings. The van der Waals surface area contributed by atoms with Crippen molar-refractivity contribution >= 4 is 17.5 Å². The number of amides is 1. The number of halogens is 1. The third-order valence-corrected chi connectivity index (χ3v) is 3.78. The fourth-order valence-electron chi connectivity index (χ4n) is 2.13. The summed E-state index contributed by atoms with van der Waals surface area (Å²) in [4.78, 5) is 11.7. The molecule has 0 aromatic heterocycles. The van der Waals surface area contributed by atoms with Gasteiger partial charge in [-0.2, -0.15) is 0 Å². The van der Waals surface area contributed by atoms with Crippen molar-refractivity contribution in [1.29, 1.82) is 0 Å². The van der Waals surface area contributed by atoms with Crippen LogP contribution in [0.15, 0.2) is 0 Å². The zero-order chi connectivity index (χ0) is 14.6. The summed E-state index contributed by atoms with van der Waals surface area (Å²) in [7, 11) is 0. The molecule has 0 heterocycles. The Bertz CT molecular complexity index is 229. The van der Waals surface area contributed by atoms with Gasteiger partial charge in [0.2, 0.25) is 5.91 Å². The first-order chi connectivity index (χ1) is 9.02. The van der Waals surface area contributed by atoms with Gasteiger partial charge in [-0.1, -0.05) is 52.9 Å². The van der Waals surface area contributed by atoms with E-state index in [4.69, 9.17) is 11.6 Å². The van der Waals surface area contributed by atoms with Gasteiger partial charge < -0.3 is 5.32 Å². The standard InChI is InChI=1S/C16H32ClNO/c1-4-5-6-7-8-9-11-15(19)18-14-16(2,3)12-10-13-17/h4-14H2,1-3H3,(H,18,19). The van der Waals surface area contributed by atoms with Crippen molar-refractivity contribution in [2.24, 2.45) is 5.41 Å². The Balaban J connectivity index is 3.53. The van der Waals surface area contributed by atoms with Crippen molar-refractivity contribution in [1.82, 2.24) is 5.32 Å². The van der Waals surface area contributed by atoms with Crippen LogP contribution in [0, 0.1) is 5.41 Å². The monoisotopic (exact) mass is 289 g/mol. The van der Waals surface area contributed by atoms with Crippen molar-refractivity contribution in [3.05, 3.63) is 0 Å². The minimum absolute atomic E-state index is 0.158. The topological polar surface area (TPSA) is 29.1 Å². The van der Waals surface area contributed by atoms with Crippen molar-refractivity contribution in [2.75, 3.05) is 12.4 Å². The lowest BCUT2D eigenvalue weighted by Crippen LogP contribution is -2.33. The van der Waals surface area contributed by atoms with E-state index in [0.717, 1.165) is 25.8 Å². The minimum atomic E-state index is 0.158. The zero-order valence-electron chi connectivity index (χ0n) is 13.1. The second-order valence-corrected chi connectivity index (χ2v) is 6.63. The molecule has 0 aliphatic heterocycles. The molecule has 0 saturated carbocycles. The molecule has 0 aromatic rings. The van der Waals surface area contributed by atoms with E-state index >= 15 is 0 Å². The molecule has 0 aliphatic carbocycles. The van der Waals surface area contributed by atoms with Gasteiger partial charge in [-0.05, 0) is 24.7 Å². The van der Waals surface area contributed by atoms with E-state index in [1.807, 2.05) is 0 Å². The van der Waals surface area contributed by atoms with Gasteiger partial charge in [-0.3, -0.25) is 4.79 Å². The SMILES string of the molecule is CCCCCCCCC(=O)NCC(C)(C)CCCCl. The highest BCUT2D eigenvalue weighted by molar-refractivity contribution is 6.17. The number of unbranched alkanes of at least 4 members (excludes halogenated alkanes) is 5. The lowest BCUT2D eigenvalue weighted by Gasteiger charge is -2.24. The first kappa shape index (κ1) is 18.8. The van der Waals surface area contributed by atoms with Crippen LogP contribution in [0.5, 0.6) is 0 Å². The molecule has 3 heteroatoms. The number of hydrogen-bond donors (Lipinski definition) is 1. The number of hydrogen-bond acceptors (Lipinski definition) is 1. The Kier molecular flexibility index (Phi) is 11.4. The summed E-state index contributed by atoms with van der Waals surface area (Å²) in [6.45, 7) is 7.35. The molecular weight excluding hydrogens is 258 g/mol. The van der Waals surface area contributed by atoms with E-state index in [-0.39, 0.29) is 11.3 Å². The molecule has 0 bridgehead atoms. The third-order valence-electron chi connectivity index (χ3n) is 3.51. The lowest BCUT2D eigenvalue weighted by molar-refractivity contribution is -0.121. The molecule has 0 atom stereocenters. The molecule has 0 saturated heterocycles. The minimum Gasteiger partial charge on any atom is -0.356 e. The highest BCUT2D eigenvalue weighted by Crippen LogP contribution is 2.21. The first-order valence-corrected chi connectivity index (χ1v) is 8.38. The lowest BCUT2D eigenvalue weighted by atomic mass is 9.88. The summed E-state index contributed by atoms with van der Waals surface area (Å²) in [6.07, 6.45) is 10.1. The molecule has 0 aromatic carbocycles. The number of carbonyl (C=O) groups is 1. The summed E-state index contributed by atoms with van der Waals surface area (Å²) in [6, 6.07) is 0. The fraction of sp³-hybridized carbons (Fsp3) is 0.938. The average Bonchev–Trinajstić information content (AvgIpc) is 2.38. The van der Waals surface area contributed by atoms with Crippen molar-refractivity contribution in [3.8, 4) is 0 Å². The van der Waals surface area contributed by atoms with Crippen LogP contribution in [-0.2, 0) is 4.79 Å². The van der Waals surface area contributed by atoms with Crippen LogP contribution in [0.4, 0.5) is 0 Å². The number of alkyl halides is 1. The summed E-state index contributed by atoms with van der Waals surface area (Å²) in [5.41, 5.74) is 0.158. The summed E-state index contributed by atoms with van der Waals surface area (Å²) >= 11 is 5.70. The number of nitrogens with one attached hydrogen (secondary N) is 1. The molecule has 19 heavy (non-hydrogen) atoms. The molecule has 1 N–H and O–H groups in total. The van der Waals surface area contributed by atoms with Gasteiger partial charge >= 0.3 is 0 Å². The van der Waals surface area contributed by atoms with E-state index in [9.17, 15) is 4.79 Å². The Morgan fingerprint density at radius 2 is 1.68 bits per heavy atom. The van der Waals surface area contributed by atoms with E-state index < -0.39 is 0 Å². The smallest absolute Gasteiger partial charge is 0.220 e. The fourth-order valence-corrected chi connectivity index (χ4v) is 2.26. The number of rotatable bonds is 12. The molecule has 114 valence electrons. The van der Waals surface area contributed by atoms with Gasteiger partial charge in [0.15, 0.2) is 0 Å². The predicted molar refractivity (Wildman–Crippen MR) is 84.7 cm³/mol. The average molecular weight is 290 g/mol. The Morgan fingerprint density at radius 3 is 2.32 bits per heavy atom. The van der Waals surface area contributed by atoms with Gasteiger partial charge in [0.25, 0.3) is 0 Å². The first-order valence-electron chi connectivity index (χ1n) is 7.84. The van der Waals surface area contributed by atoms with Gasteiger partial charge in [-0.25, -0.2) is 0 Å². The highest BCUT2D eigenvalue weighted by Gasteiger charge is 2.17. The van der Waals surface area contributed by atoms with Crippen LogP contribution < -0.4 is 5.32 Å². The summed E-state index contributed by atoms with van der Waals surface area (Å²) in [5.74, 6) is 0.907. The molecule has 0 radical (unpaired) electrons. The van der Waals surface area contributed by atoms with Gasteiger partial charge in [0.1, 0.15) is 0 Å². The third kappa shape index (κ3) is 12.5. The Hall–Kier alpha value is -0.240. The second kappa shape index (κ2) is 11.6. The normalized spacial score (nSPS) is 11.6. The molecule has 0 rings (SSSR count). The van der Waals surface area contributed by atoms with Crippen LogP contribution >= 0.6 is 11.6 Å². The van der Waals surface area contributed by atoms with Gasteiger partial charge in [0.05, 0.1) is 0 Å². The van der Waals surface area contributed by atoms with Crippen molar-refractivity contribution in [3.63, 3.8) is 0 Å². The Labute approximate surface area is 124 Å². The summed E-state index contributed by atoms with van der Waals surface area (Å²) < 4.78 is 0. The van der Waals surface area contributed by atoms with E-state index in [0.29, 0.717) is 12.3 Å². The maximum absolute atomic E-state index is 11.7. The predicted octanol–water partition coefficient (Wildman–Crippen LogP) is 4.90. The largest absolute Gasteiger partial charge is 0.356 e. The van der Waals surface area contributed by atoms with Crippen molar-refractivity contribution < 1.29 is 4.79 Å². The van der Waals surface area contributed by atoms with Crippen LogP contribution in [0.2, 0.25) is 0 Å². The van der Waals surface area contributed by atoms with E-state index in [1.165, 1.54) is 32.1 Å². The molecule has 0 fully saturated rings. The second-order valence-electron chi connectivity index (χ2n) is 6.25. The van der Waals surface area contributed by atoms with Gasteiger partial charge in [0, 0.05) is 18.8 Å². The zero-order valence-corrected chi connectivity index (χ0v) is 13.8. The van der Waals surface area contributed by atoms with E-state index in [1.54, 1.807) is 0 Å². The van der Waals surface area contributed by atoms with Crippen LogP contribution in [0.3, 0.4) is 0 Å². The Morgan fingerprint density at radius 1 is 1.05 bits per heavy atom. The van der Waals surface area contributed by atoms with Crippen LogP contribution in [0.25, 0.3) is 0 Å².